The Bertz CT molecular complexity index is 743. The summed E-state index contributed by atoms with van der Waals surface area (Å²) < 4.78 is 5.05. The van der Waals surface area contributed by atoms with Gasteiger partial charge in [0, 0.05) is 10.7 Å². The number of nitrogens with zero attached hydrogens (tertiary/aromatic N) is 2. The molecule has 0 aliphatic heterocycles. The highest BCUT2D eigenvalue weighted by atomic mass is 35.5. The van der Waals surface area contributed by atoms with Crippen molar-refractivity contribution in [2.45, 2.75) is 13.0 Å². The number of ether oxygens (including phenoxy) is 1. The van der Waals surface area contributed by atoms with Crippen molar-refractivity contribution in [3.8, 4) is 5.75 Å². The SMILES string of the molecule is COc1ccc(N=NC(C(C)=O)C(=O)Nc2ccc(Cl)cc2)cc1. The molecule has 0 fully saturated rings. The zero-order valence-electron chi connectivity index (χ0n) is 13.2. The van der Waals surface area contributed by atoms with E-state index in [0.29, 0.717) is 22.1 Å². The lowest BCUT2D eigenvalue weighted by atomic mass is 10.2. The van der Waals surface area contributed by atoms with E-state index in [2.05, 4.69) is 15.5 Å². The maximum atomic E-state index is 12.2. The van der Waals surface area contributed by atoms with Gasteiger partial charge in [-0.15, -0.1) is 0 Å². The number of amides is 1. The Labute approximate surface area is 144 Å². The van der Waals surface area contributed by atoms with Crippen molar-refractivity contribution in [3.05, 3.63) is 53.6 Å². The predicted octanol–water partition coefficient (Wildman–Crippen LogP) is 4.03. The number of anilines is 1. The second-order valence-corrected chi connectivity index (χ2v) is 5.36. The van der Waals surface area contributed by atoms with E-state index in [9.17, 15) is 9.59 Å². The van der Waals surface area contributed by atoms with Crippen LogP contribution >= 0.6 is 11.6 Å². The molecule has 2 aromatic carbocycles. The highest BCUT2D eigenvalue weighted by molar-refractivity contribution is 6.30. The van der Waals surface area contributed by atoms with Gasteiger partial charge in [0.25, 0.3) is 5.91 Å². The minimum absolute atomic E-state index is 0.404. The van der Waals surface area contributed by atoms with Crippen LogP contribution in [0.1, 0.15) is 6.92 Å². The second-order valence-electron chi connectivity index (χ2n) is 4.92. The van der Waals surface area contributed by atoms with Crippen LogP contribution in [0, 0.1) is 0 Å². The first-order valence-corrected chi connectivity index (χ1v) is 7.49. The van der Waals surface area contributed by atoms with Crippen LogP contribution in [0.25, 0.3) is 0 Å². The molecular formula is C17H16ClN3O3. The van der Waals surface area contributed by atoms with Crippen molar-refractivity contribution in [1.82, 2.24) is 0 Å². The third-order valence-corrected chi connectivity index (χ3v) is 3.36. The highest BCUT2D eigenvalue weighted by Crippen LogP contribution is 2.19. The molecule has 2 rings (SSSR count). The first-order chi connectivity index (χ1) is 11.5. The van der Waals surface area contributed by atoms with Gasteiger partial charge in [-0.2, -0.15) is 10.2 Å². The van der Waals surface area contributed by atoms with Crippen molar-refractivity contribution < 1.29 is 14.3 Å². The zero-order valence-corrected chi connectivity index (χ0v) is 13.9. The van der Waals surface area contributed by atoms with Crippen LogP contribution in [0.15, 0.2) is 58.8 Å². The number of azo groups is 1. The Morgan fingerprint density at radius 2 is 1.71 bits per heavy atom. The number of benzene rings is 2. The summed E-state index contributed by atoms with van der Waals surface area (Å²) in [6, 6.07) is 12.1. The summed E-state index contributed by atoms with van der Waals surface area (Å²) in [5.74, 6) is -0.279. The molecular weight excluding hydrogens is 330 g/mol. The van der Waals surface area contributed by atoms with Gasteiger partial charge in [-0.3, -0.25) is 9.59 Å². The van der Waals surface area contributed by atoms with Crippen molar-refractivity contribution >= 4 is 34.7 Å². The summed E-state index contributed by atoms with van der Waals surface area (Å²) in [5, 5.41) is 11.0. The molecule has 24 heavy (non-hydrogen) atoms. The van der Waals surface area contributed by atoms with Gasteiger partial charge >= 0.3 is 0 Å². The molecule has 0 radical (unpaired) electrons. The molecule has 0 aliphatic carbocycles. The van der Waals surface area contributed by atoms with E-state index in [-0.39, 0.29) is 0 Å². The van der Waals surface area contributed by atoms with Crippen LogP contribution in [-0.2, 0) is 9.59 Å². The number of hydrogen-bond acceptors (Lipinski definition) is 5. The lowest BCUT2D eigenvalue weighted by Crippen LogP contribution is -2.31. The molecule has 0 aromatic heterocycles. The average molecular weight is 346 g/mol. The maximum Gasteiger partial charge on any atom is 0.258 e. The molecule has 0 spiro atoms. The molecule has 1 unspecified atom stereocenters. The van der Waals surface area contributed by atoms with Gasteiger partial charge in [-0.1, -0.05) is 11.6 Å². The van der Waals surface area contributed by atoms with Gasteiger partial charge in [0.05, 0.1) is 12.8 Å². The highest BCUT2D eigenvalue weighted by Gasteiger charge is 2.23. The normalized spacial score (nSPS) is 12.0. The predicted molar refractivity (Wildman–Crippen MR) is 92.1 cm³/mol. The molecule has 7 heteroatoms. The number of halogens is 1. The fraction of sp³-hybridized carbons (Fsp3) is 0.176. The molecule has 0 aliphatic rings. The summed E-state index contributed by atoms with van der Waals surface area (Å²) in [7, 11) is 1.56. The third-order valence-electron chi connectivity index (χ3n) is 3.11. The number of carbonyl (C=O) groups excluding carboxylic acids is 2. The van der Waals surface area contributed by atoms with Crippen molar-refractivity contribution in [2.24, 2.45) is 10.2 Å². The van der Waals surface area contributed by atoms with Gasteiger partial charge in [-0.25, -0.2) is 0 Å². The molecule has 124 valence electrons. The Morgan fingerprint density at radius 1 is 1.08 bits per heavy atom. The van der Waals surface area contributed by atoms with Gasteiger partial charge in [0.2, 0.25) is 6.04 Å². The van der Waals surface area contributed by atoms with E-state index in [1.54, 1.807) is 55.6 Å². The number of rotatable bonds is 6. The van der Waals surface area contributed by atoms with E-state index in [0.717, 1.165) is 0 Å². The fourth-order valence-electron chi connectivity index (χ4n) is 1.84. The van der Waals surface area contributed by atoms with E-state index in [1.807, 2.05) is 0 Å². The molecule has 1 amide bonds. The van der Waals surface area contributed by atoms with E-state index in [1.165, 1.54) is 6.92 Å². The monoisotopic (exact) mass is 345 g/mol. The minimum atomic E-state index is -1.22. The van der Waals surface area contributed by atoms with Crippen molar-refractivity contribution in [1.29, 1.82) is 0 Å². The van der Waals surface area contributed by atoms with Crippen molar-refractivity contribution in [3.63, 3.8) is 0 Å². The Hall–Kier alpha value is -2.73. The number of Topliss-reactive ketones (excluding diaryl/α,β-unsaturated/α-hetero) is 1. The molecule has 6 nitrogen and oxygen atoms in total. The van der Waals surface area contributed by atoms with Crippen LogP contribution in [0.5, 0.6) is 5.75 Å². The summed E-state index contributed by atoms with van der Waals surface area (Å²) in [6.07, 6.45) is 0. The average Bonchev–Trinajstić information content (AvgIpc) is 2.57. The van der Waals surface area contributed by atoms with Crippen molar-refractivity contribution in [2.75, 3.05) is 12.4 Å². The van der Waals surface area contributed by atoms with Crippen LogP contribution in [0.3, 0.4) is 0 Å². The molecule has 1 atom stereocenters. The number of methoxy groups -OCH3 is 1. The molecule has 0 bridgehead atoms. The number of nitrogens with one attached hydrogen (secondary N) is 1. The second kappa shape index (κ2) is 8.21. The fourth-order valence-corrected chi connectivity index (χ4v) is 1.96. The summed E-state index contributed by atoms with van der Waals surface area (Å²) in [5.41, 5.74) is 1.04. The largest absolute Gasteiger partial charge is 0.497 e. The van der Waals surface area contributed by atoms with Gasteiger partial charge in [0.15, 0.2) is 5.78 Å². The Kier molecular flexibility index (Phi) is 6.03. The lowest BCUT2D eigenvalue weighted by molar-refractivity contribution is -0.126. The van der Waals surface area contributed by atoms with E-state index >= 15 is 0 Å². The first-order valence-electron chi connectivity index (χ1n) is 7.11. The summed E-state index contributed by atoms with van der Waals surface area (Å²) in [6.45, 7) is 1.29. The third kappa shape index (κ3) is 4.89. The van der Waals surface area contributed by atoms with Crippen LogP contribution in [-0.4, -0.2) is 24.8 Å². The smallest absolute Gasteiger partial charge is 0.258 e. The first kappa shape index (κ1) is 17.6. The summed E-state index contributed by atoms with van der Waals surface area (Å²) in [4.78, 5) is 23.9. The van der Waals surface area contributed by atoms with Crippen LogP contribution in [0.2, 0.25) is 5.02 Å². The molecule has 0 saturated heterocycles. The quantitative estimate of drug-likeness (QED) is 0.634. The van der Waals surface area contributed by atoms with Gasteiger partial charge in [-0.05, 0) is 55.5 Å². The standard InChI is InChI=1S/C17H16ClN3O3/c1-11(22)16(17(23)19-13-5-3-12(18)4-6-13)21-20-14-7-9-15(24-2)10-8-14/h3-10,16H,1-2H3,(H,19,23). The topological polar surface area (TPSA) is 80.1 Å². The maximum absolute atomic E-state index is 12.2. The molecule has 0 saturated carbocycles. The lowest BCUT2D eigenvalue weighted by Gasteiger charge is -2.09. The summed E-state index contributed by atoms with van der Waals surface area (Å²) >= 11 is 5.79. The van der Waals surface area contributed by atoms with Crippen LogP contribution in [0.4, 0.5) is 11.4 Å². The zero-order chi connectivity index (χ0) is 17.5. The van der Waals surface area contributed by atoms with E-state index < -0.39 is 17.7 Å². The number of carbonyl (C=O) groups is 2. The van der Waals surface area contributed by atoms with Crippen LogP contribution < -0.4 is 10.1 Å². The number of ketones is 1. The molecule has 2 aromatic rings. The number of hydrogen-bond donors (Lipinski definition) is 1. The Balaban J connectivity index is 2.09. The van der Waals surface area contributed by atoms with Gasteiger partial charge < -0.3 is 10.1 Å². The van der Waals surface area contributed by atoms with E-state index in [4.69, 9.17) is 16.3 Å². The molecule has 0 heterocycles. The Morgan fingerprint density at radius 3 is 2.25 bits per heavy atom. The minimum Gasteiger partial charge on any atom is -0.497 e. The van der Waals surface area contributed by atoms with Gasteiger partial charge in [0.1, 0.15) is 5.75 Å². The molecule has 1 N–H and O–H groups in total.